The minimum absolute atomic E-state index is 0.0334. The van der Waals surface area contributed by atoms with Crippen LogP contribution in [-0.4, -0.2) is 38.8 Å². The van der Waals surface area contributed by atoms with Crippen molar-refractivity contribution in [1.29, 1.82) is 0 Å². The summed E-state index contributed by atoms with van der Waals surface area (Å²) in [4.78, 5) is 50.1. The number of carbonyl (C=O) groups excluding carboxylic acids is 3. The van der Waals surface area contributed by atoms with E-state index in [4.69, 9.17) is 4.74 Å². The van der Waals surface area contributed by atoms with Crippen LogP contribution >= 0.6 is 11.3 Å². The Bertz CT molecular complexity index is 1600. The number of pyridine rings is 1. The molecular weight excluding hydrogens is 526 g/mol. The number of aliphatic hydroxyl groups is 1. The van der Waals surface area contributed by atoms with Crippen LogP contribution in [0.25, 0.3) is 10.6 Å². The van der Waals surface area contributed by atoms with Gasteiger partial charge in [0.1, 0.15) is 5.01 Å². The molecule has 3 heterocycles. The number of thiazole rings is 1. The highest BCUT2D eigenvalue weighted by atomic mass is 32.1. The molecule has 1 aliphatic heterocycles. The molecule has 0 spiro atoms. The summed E-state index contributed by atoms with van der Waals surface area (Å²) in [6.45, 7) is 5.31. The van der Waals surface area contributed by atoms with Gasteiger partial charge in [0.15, 0.2) is 5.76 Å². The van der Waals surface area contributed by atoms with E-state index in [1.165, 1.54) is 16.2 Å². The first kappa shape index (κ1) is 27.0. The summed E-state index contributed by atoms with van der Waals surface area (Å²) in [7, 11) is 0. The van der Waals surface area contributed by atoms with Crippen LogP contribution in [0.5, 0.6) is 0 Å². The monoisotopic (exact) mass is 553 g/mol. The van der Waals surface area contributed by atoms with Gasteiger partial charge in [-0.05, 0) is 50.1 Å². The molecule has 1 atom stereocenters. The van der Waals surface area contributed by atoms with Crippen molar-refractivity contribution in [2.45, 2.75) is 39.3 Å². The number of hydrogen-bond donors (Lipinski definition) is 1. The molecular formula is C31H27N3O5S. The van der Waals surface area contributed by atoms with Gasteiger partial charge in [-0.3, -0.25) is 24.3 Å². The fourth-order valence-electron chi connectivity index (χ4n) is 4.64. The first-order valence-corrected chi connectivity index (χ1v) is 13.6. The average molecular weight is 554 g/mol. The fourth-order valence-corrected chi connectivity index (χ4v) is 5.66. The largest absolute Gasteiger partial charge is 0.503 e. The Hall–Kier alpha value is -4.63. The van der Waals surface area contributed by atoms with Crippen LogP contribution in [0.1, 0.15) is 46.4 Å². The summed E-state index contributed by atoms with van der Waals surface area (Å²) in [5.41, 5.74) is 3.09. The maximum Gasteiger partial charge on any atom is 0.310 e. The second-order valence-corrected chi connectivity index (χ2v) is 10.6. The fraction of sp³-hybridized carbons (Fsp3) is 0.194. The zero-order valence-corrected chi connectivity index (χ0v) is 23.0. The number of hydrogen-bond acceptors (Lipinski definition) is 8. The number of benzene rings is 2. The number of rotatable bonds is 8. The second-order valence-electron chi connectivity index (χ2n) is 9.64. The lowest BCUT2D eigenvalue weighted by Crippen LogP contribution is -2.31. The van der Waals surface area contributed by atoms with Crippen LogP contribution in [0.4, 0.5) is 5.69 Å². The topological polar surface area (TPSA) is 110 Å². The van der Waals surface area contributed by atoms with Gasteiger partial charge >= 0.3 is 5.97 Å². The van der Waals surface area contributed by atoms with E-state index in [0.29, 0.717) is 32.4 Å². The summed E-state index contributed by atoms with van der Waals surface area (Å²) in [5.74, 6) is -2.13. The minimum atomic E-state index is -0.910. The molecule has 0 fully saturated rings. The van der Waals surface area contributed by atoms with Gasteiger partial charge in [0.25, 0.3) is 5.91 Å². The molecule has 8 nitrogen and oxygen atoms in total. The number of esters is 1. The smallest absolute Gasteiger partial charge is 0.310 e. The predicted octanol–water partition coefficient (Wildman–Crippen LogP) is 5.79. The minimum Gasteiger partial charge on any atom is -0.503 e. The molecule has 9 heteroatoms. The Morgan fingerprint density at radius 1 is 1.05 bits per heavy atom. The number of aryl methyl sites for hydroxylation is 1. The zero-order valence-electron chi connectivity index (χ0n) is 22.2. The Balaban J connectivity index is 1.51. The number of ether oxygens (including phenoxy) is 1. The Morgan fingerprint density at radius 2 is 1.77 bits per heavy atom. The van der Waals surface area contributed by atoms with E-state index >= 15 is 0 Å². The summed E-state index contributed by atoms with van der Waals surface area (Å²) in [6.07, 6.45) is 3.03. The van der Waals surface area contributed by atoms with Gasteiger partial charge < -0.3 is 9.84 Å². The van der Waals surface area contributed by atoms with Crippen LogP contribution in [0.15, 0.2) is 90.5 Å². The van der Waals surface area contributed by atoms with Gasteiger partial charge in [0, 0.05) is 23.6 Å². The molecule has 0 radical (unpaired) electrons. The van der Waals surface area contributed by atoms with Crippen LogP contribution < -0.4 is 4.90 Å². The summed E-state index contributed by atoms with van der Waals surface area (Å²) >= 11 is 1.22. The SMILES string of the molecule is Cc1nc(-c2ccccc2)sc1C(=O)C1=C(O)C(=O)N(c2ccc(CC(=O)OC(C)C)cc2)C1c1cccnc1. The number of aromatic nitrogens is 2. The Morgan fingerprint density at radius 3 is 2.42 bits per heavy atom. The van der Waals surface area contributed by atoms with Crippen molar-refractivity contribution in [2.75, 3.05) is 4.90 Å². The van der Waals surface area contributed by atoms with Gasteiger partial charge in [0.2, 0.25) is 5.78 Å². The molecule has 0 saturated carbocycles. The molecule has 2 aromatic heterocycles. The van der Waals surface area contributed by atoms with Gasteiger partial charge in [-0.15, -0.1) is 11.3 Å². The van der Waals surface area contributed by atoms with Crippen molar-refractivity contribution in [1.82, 2.24) is 9.97 Å². The molecule has 40 heavy (non-hydrogen) atoms. The highest BCUT2D eigenvalue weighted by Gasteiger charge is 2.45. The lowest BCUT2D eigenvalue weighted by Gasteiger charge is -2.26. The molecule has 202 valence electrons. The summed E-state index contributed by atoms with van der Waals surface area (Å²) in [5, 5.41) is 11.8. The van der Waals surface area contributed by atoms with Crippen molar-refractivity contribution in [3.8, 4) is 10.6 Å². The molecule has 0 bridgehead atoms. The average Bonchev–Trinajstić information content (AvgIpc) is 3.46. The third kappa shape index (κ3) is 5.28. The van der Waals surface area contributed by atoms with E-state index < -0.39 is 23.5 Å². The molecule has 0 saturated heterocycles. The first-order valence-electron chi connectivity index (χ1n) is 12.8. The molecule has 1 N–H and O–H groups in total. The number of carbonyl (C=O) groups is 3. The number of Topliss-reactive ketones (excluding diaryl/α,β-unsaturated/α-hetero) is 1. The van der Waals surface area contributed by atoms with Crippen molar-refractivity contribution in [2.24, 2.45) is 0 Å². The van der Waals surface area contributed by atoms with E-state index in [1.54, 1.807) is 69.6 Å². The number of nitrogens with zero attached hydrogens (tertiary/aromatic N) is 3. The van der Waals surface area contributed by atoms with Gasteiger partial charge in [-0.2, -0.15) is 0 Å². The van der Waals surface area contributed by atoms with Gasteiger partial charge in [0.05, 0.1) is 34.7 Å². The van der Waals surface area contributed by atoms with Crippen LogP contribution in [0.3, 0.4) is 0 Å². The number of amides is 1. The van der Waals surface area contributed by atoms with E-state index in [2.05, 4.69) is 9.97 Å². The van der Waals surface area contributed by atoms with Crippen LogP contribution in [-0.2, 0) is 20.7 Å². The molecule has 2 aromatic carbocycles. The lowest BCUT2D eigenvalue weighted by atomic mass is 9.96. The number of ketones is 1. The van der Waals surface area contributed by atoms with Crippen molar-refractivity contribution in [3.63, 3.8) is 0 Å². The van der Waals surface area contributed by atoms with Crippen molar-refractivity contribution < 1.29 is 24.2 Å². The van der Waals surface area contributed by atoms with Gasteiger partial charge in [-0.1, -0.05) is 48.5 Å². The standard InChI is InChI=1S/C31H27N3O5S/c1-18(2)39-24(35)16-20-11-13-23(14-12-20)34-26(22-10-7-15-32-17-22)25(28(37)31(34)38)27(36)29-19(3)33-30(40-29)21-8-5-4-6-9-21/h4-15,17-18,26,37H,16H2,1-3H3. The number of anilines is 1. The van der Waals surface area contributed by atoms with E-state index in [9.17, 15) is 19.5 Å². The normalized spacial score (nSPS) is 15.2. The molecule has 4 aromatic rings. The maximum atomic E-state index is 14.0. The second kappa shape index (κ2) is 11.2. The van der Waals surface area contributed by atoms with E-state index in [1.807, 2.05) is 30.3 Å². The lowest BCUT2D eigenvalue weighted by molar-refractivity contribution is -0.146. The Labute approximate surface area is 235 Å². The van der Waals surface area contributed by atoms with Gasteiger partial charge in [-0.25, -0.2) is 4.98 Å². The molecule has 0 aliphatic carbocycles. The molecule has 1 aliphatic rings. The summed E-state index contributed by atoms with van der Waals surface area (Å²) < 4.78 is 5.22. The maximum absolute atomic E-state index is 14.0. The highest BCUT2D eigenvalue weighted by molar-refractivity contribution is 7.17. The quantitative estimate of drug-likeness (QED) is 0.217. The van der Waals surface area contributed by atoms with Crippen LogP contribution in [0, 0.1) is 6.92 Å². The molecule has 1 amide bonds. The van der Waals surface area contributed by atoms with E-state index in [-0.39, 0.29) is 24.1 Å². The van der Waals surface area contributed by atoms with Crippen molar-refractivity contribution in [3.05, 3.63) is 112 Å². The van der Waals surface area contributed by atoms with E-state index in [0.717, 1.165) is 5.56 Å². The van der Waals surface area contributed by atoms with Crippen molar-refractivity contribution >= 4 is 34.7 Å². The highest BCUT2D eigenvalue weighted by Crippen LogP contribution is 2.43. The molecule has 1 unspecified atom stereocenters. The number of aliphatic hydroxyl groups excluding tert-OH is 1. The zero-order chi connectivity index (χ0) is 28.4. The predicted molar refractivity (Wildman–Crippen MR) is 152 cm³/mol. The Kier molecular flexibility index (Phi) is 7.57. The molecule has 5 rings (SSSR count). The van der Waals surface area contributed by atoms with Crippen LogP contribution in [0.2, 0.25) is 0 Å². The first-order chi connectivity index (χ1) is 19.2. The summed E-state index contributed by atoms with van der Waals surface area (Å²) in [6, 6.07) is 18.9. The third-order valence-corrected chi connectivity index (χ3v) is 7.61. The third-order valence-electron chi connectivity index (χ3n) is 6.41.